The van der Waals surface area contributed by atoms with Crippen LogP contribution in [0.25, 0.3) is 0 Å². The van der Waals surface area contributed by atoms with E-state index in [9.17, 15) is 4.79 Å². The topological polar surface area (TPSA) is 57.0 Å². The number of aromatic nitrogens is 3. The largest absolute Gasteiger partial charge is 0.466 e. The summed E-state index contributed by atoms with van der Waals surface area (Å²) in [5.74, 6) is -0.506. The summed E-state index contributed by atoms with van der Waals surface area (Å²) in [7, 11) is 0. The molecular weight excluding hydrogens is 290 g/mol. The molecule has 0 radical (unpaired) electrons. The minimum atomic E-state index is -0.321. The van der Waals surface area contributed by atoms with Gasteiger partial charge >= 0.3 is 5.97 Å². The molecule has 0 saturated heterocycles. The van der Waals surface area contributed by atoms with Crippen molar-refractivity contribution in [1.82, 2.24) is 14.5 Å². The summed E-state index contributed by atoms with van der Waals surface area (Å²) in [6.45, 7) is 5.19. The molecule has 23 heavy (non-hydrogen) atoms. The lowest BCUT2D eigenvalue weighted by molar-refractivity contribution is -0.145. The zero-order chi connectivity index (χ0) is 16.2. The maximum atomic E-state index is 12.5. The molecule has 2 aromatic heterocycles. The van der Waals surface area contributed by atoms with Gasteiger partial charge in [0.1, 0.15) is 0 Å². The number of hydrogen-bond acceptors (Lipinski definition) is 4. The van der Waals surface area contributed by atoms with Crippen LogP contribution in [0.4, 0.5) is 0 Å². The molecule has 122 valence electrons. The predicted octanol–water partition coefficient (Wildman–Crippen LogP) is 2.81. The Balaban J connectivity index is 1.90. The Morgan fingerprint density at radius 1 is 1.39 bits per heavy atom. The van der Waals surface area contributed by atoms with Crippen molar-refractivity contribution in [3.63, 3.8) is 0 Å². The molecule has 1 aliphatic heterocycles. The molecule has 3 heterocycles. The fraction of sp³-hybridized carbons (Fsp3) is 0.500. The van der Waals surface area contributed by atoms with Gasteiger partial charge in [0, 0.05) is 30.6 Å². The van der Waals surface area contributed by atoms with Gasteiger partial charge in [0.15, 0.2) is 0 Å². The van der Waals surface area contributed by atoms with E-state index in [0.717, 1.165) is 29.9 Å². The van der Waals surface area contributed by atoms with Crippen molar-refractivity contribution in [3.8, 4) is 0 Å². The molecule has 0 amide bonds. The van der Waals surface area contributed by atoms with Crippen LogP contribution in [0.2, 0.25) is 0 Å². The van der Waals surface area contributed by atoms with Crippen LogP contribution in [0.15, 0.2) is 24.7 Å². The Labute approximate surface area is 136 Å². The number of ether oxygens (including phenoxy) is 1. The van der Waals surface area contributed by atoms with Crippen LogP contribution >= 0.6 is 0 Å². The number of hydrogen-bond donors (Lipinski definition) is 0. The smallest absolute Gasteiger partial charge is 0.313 e. The zero-order valence-corrected chi connectivity index (χ0v) is 13.8. The first-order valence-electron chi connectivity index (χ1n) is 8.31. The van der Waals surface area contributed by atoms with Gasteiger partial charge in [-0.25, -0.2) is 4.98 Å². The van der Waals surface area contributed by atoms with Crippen molar-refractivity contribution in [2.75, 3.05) is 6.61 Å². The second-order valence-electron chi connectivity index (χ2n) is 6.03. The highest BCUT2D eigenvalue weighted by Crippen LogP contribution is 2.26. The Morgan fingerprint density at radius 3 is 3.04 bits per heavy atom. The molecule has 2 aromatic rings. The number of imidazole rings is 1. The number of fused-ring (bicyclic) bond motifs is 1. The van der Waals surface area contributed by atoms with Crippen molar-refractivity contribution >= 4 is 5.97 Å². The third-order valence-electron chi connectivity index (χ3n) is 4.39. The maximum absolute atomic E-state index is 12.5. The average Bonchev–Trinajstić information content (AvgIpc) is 2.96. The van der Waals surface area contributed by atoms with E-state index in [-0.39, 0.29) is 11.9 Å². The number of pyridine rings is 1. The molecule has 3 rings (SSSR count). The van der Waals surface area contributed by atoms with Crippen LogP contribution < -0.4 is 0 Å². The van der Waals surface area contributed by atoms with E-state index in [2.05, 4.69) is 14.5 Å². The van der Waals surface area contributed by atoms with Gasteiger partial charge in [0.25, 0.3) is 0 Å². The highest BCUT2D eigenvalue weighted by Gasteiger charge is 2.26. The van der Waals surface area contributed by atoms with Gasteiger partial charge in [0.05, 0.1) is 24.5 Å². The first-order chi connectivity index (χ1) is 11.2. The molecule has 1 atom stereocenters. The Kier molecular flexibility index (Phi) is 4.74. The molecule has 1 aliphatic rings. The third-order valence-corrected chi connectivity index (χ3v) is 4.39. The van der Waals surface area contributed by atoms with E-state index in [4.69, 9.17) is 4.74 Å². The second-order valence-corrected chi connectivity index (χ2v) is 6.03. The lowest BCUT2D eigenvalue weighted by Crippen LogP contribution is -2.20. The van der Waals surface area contributed by atoms with Gasteiger partial charge in [-0.15, -0.1) is 0 Å². The molecule has 5 nitrogen and oxygen atoms in total. The van der Waals surface area contributed by atoms with Gasteiger partial charge in [-0.05, 0) is 50.8 Å². The number of rotatable bonds is 5. The van der Waals surface area contributed by atoms with Gasteiger partial charge in [-0.2, -0.15) is 0 Å². The summed E-state index contributed by atoms with van der Waals surface area (Å²) in [5.41, 5.74) is 4.16. The number of nitrogens with zero attached hydrogens (tertiary/aromatic N) is 3. The highest BCUT2D eigenvalue weighted by atomic mass is 16.5. The quantitative estimate of drug-likeness (QED) is 0.797. The average molecular weight is 313 g/mol. The molecule has 0 fully saturated rings. The second kappa shape index (κ2) is 6.94. The van der Waals surface area contributed by atoms with Crippen LogP contribution in [-0.2, 0) is 28.9 Å². The minimum Gasteiger partial charge on any atom is -0.466 e. The highest BCUT2D eigenvalue weighted by molar-refractivity contribution is 5.78. The Morgan fingerprint density at radius 2 is 2.26 bits per heavy atom. The van der Waals surface area contributed by atoms with Crippen LogP contribution in [0.1, 0.15) is 48.3 Å². The summed E-state index contributed by atoms with van der Waals surface area (Å²) in [6, 6.07) is 3.86. The number of esters is 1. The zero-order valence-electron chi connectivity index (χ0n) is 13.8. The van der Waals surface area contributed by atoms with Crippen LogP contribution in [0.3, 0.4) is 0 Å². The summed E-state index contributed by atoms with van der Waals surface area (Å²) in [4.78, 5) is 21.3. The van der Waals surface area contributed by atoms with Crippen molar-refractivity contribution in [1.29, 1.82) is 0 Å². The molecule has 1 unspecified atom stereocenters. The van der Waals surface area contributed by atoms with E-state index < -0.39 is 0 Å². The lowest BCUT2D eigenvalue weighted by Gasteiger charge is -2.18. The van der Waals surface area contributed by atoms with E-state index in [1.807, 2.05) is 32.3 Å². The van der Waals surface area contributed by atoms with Crippen LogP contribution in [-0.4, -0.2) is 27.1 Å². The maximum Gasteiger partial charge on any atom is 0.313 e. The molecule has 0 bridgehead atoms. The monoisotopic (exact) mass is 313 g/mol. The lowest BCUT2D eigenvalue weighted by atomic mass is 9.93. The van der Waals surface area contributed by atoms with E-state index in [1.165, 1.54) is 18.5 Å². The SMILES string of the molecule is CCOC(=O)C(Cc1ncn2c1CCCC2)c1ccnc(C)c1. The minimum absolute atomic E-state index is 0.185. The fourth-order valence-corrected chi connectivity index (χ4v) is 3.23. The molecular formula is C18H23N3O2. The van der Waals surface area contributed by atoms with Crippen molar-refractivity contribution in [2.24, 2.45) is 0 Å². The van der Waals surface area contributed by atoms with Crippen molar-refractivity contribution in [2.45, 2.75) is 52.0 Å². The Hall–Kier alpha value is -2.17. The third kappa shape index (κ3) is 3.44. The van der Waals surface area contributed by atoms with Gasteiger partial charge < -0.3 is 9.30 Å². The number of aryl methyl sites for hydroxylation is 2. The molecule has 0 aliphatic carbocycles. The van der Waals surface area contributed by atoms with Gasteiger partial charge in [-0.1, -0.05) is 0 Å². The summed E-state index contributed by atoms with van der Waals surface area (Å²) < 4.78 is 7.52. The molecule has 0 aromatic carbocycles. The number of carbonyl (C=O) groups is 1. The first-order valence-corrected chi connectivity index (χ1v) is 8.31. The summed E-state index contributed by atoms with van der Waals surface area (Å²) in [6.07, 6.45) is 7.68. The van der Waals surface area contributed by atoms with Crippen LogP contribution in [0, 0.1) is 6.92 Å². The molecule has 0 N–H and O–H groups in total. The van der Waals surface area contributed by atoms with Crippen molar-refractivity contribution in [3.05, 3.63) is 47.3 Å². The predicted molar refractivity (Wildman–Crippen MR) is 87.2 cm³/mol. The molecule has 5 heteroatoms. The fourth-order valence-electron chi connectivity index (χ4n) is 3.23. The first kappa shape index (κ1) is 15.7. The van der Waals surface area contributed by atoms with Crippen LogP contribution in [0.5, 0.6) is 0 Å². The van der Waals surface area contributed by atoms with E-state index in [0.29, 0.717) is 13.0 Å². The van der Waals surface area contributed by atoms with E-state index in [1.54, 1.807) is 6.20 Å². The standard InChI is InChI=1S/C18H23N3O2/c1-3-23-18(22)15(14-7-8-19-13(2)10-14)11-16-17-6-4-5-9-21(17)12-20-16/h7-8,10,12,15H,3-6,9,11H2,1-2H3. The van der Waals surface area contributed by atoms with Gasteiger partial charge in [-0.3, -0.25) is 9.78 Å². The normalized spacial score (nSPS) is 15.0. The molecule has 0 spiro atoms. The summed E-state index contributed by atoms with van der Waals surface area (Å²) in [5, 5.41) is 0. The number of carbonyl (C=O) groups excluding carboxylic acids is 1. The Bertz CT molecular complexity index is 693. The van der Waals surface area contributed by atoms with Crippen molar-refractivity contribution < 1.29 is 9.53 Å². The van der Waals surface area contributed by atoms with Gasteiger partial charge in [0.2, 0.25) is 0 Å². The summed E-state index contributed by atoms with van der Waals surface area (Å²) >= 11 is 0. The molecule has 0 saturated carbocycles. The van der Waals surface area contributed by atoms with E-state index >= 15 is 0 Å².